The van der Waals surface area contributed by atoms with Gasteiger partial charge in [0.2, 0.25) is 5.89 Å². The first kappa shape index (κ1) is 18.0. The lowest BCUT2D eigenvalue weighted by atomic mass is 10.1. The second-order valence-corrected chi connectivity index (χ2v) is 6.55. The molecule has 5 nitrogen and oxygen atoms in total. The molecule has 0 radical (unpaired) electrons. The fourth-order valence-corrected chi connectivity index (χ4v) is 2.65. The highest BCUT2D eigenvalue weighted by Gasteiger charge is 2.12. The second-order valence-electron chi connectivity index (χ2n) is 6.11. The average molecular weight is 370 g/mol. The zero-order valence-corrected chi connectivity index (χ0v) is 15.6. The van der Waals surface area contributed by atoms with E-state index in [1.54, 1.807) is 12.1 Å². The molecule has 1 aromatic heterocycles. The van der Waals surface area contributed by atoms with Crippen LogP contribution in [0.4, 0.5) is 10.5 Å². The lowest BCUT2D eigenvalue weighted by Gasteiger charge is -2.15. The van der Waals surface area contributed by atoms with Crippen LogP contribution in [-0.2, 0) is 0 Å². The topological polar surface area (TPSA) is 67.2 Å². The number of rotatable bonds is 4. The van der Waals surface area contributed by atoms with Crippen LogP contribution < -0.4 is 10.6 Å². The first-order valence-corrected chi connectivity index (χ1v) is 8.67. The van der Waals surface area contributed by atoms with E-state index < -0.39 is 0 Å². The van der Waals surface area contributed by atoms with Gasteiger partial charge in [0.15, 0.2) is 0 Å². The Morgan fingerprint density at radius 3 is 2.54 bits per heavy atom. The summed E-state index contributed by atoms with van der Waals surface area (Å²) in [4.78, 5) is 16.7. The van der Waals surface area contributed by atoms with Gasteiger partial charge in [-0.1, -0.05) is 29.8 Å². The molecule has 1 atom stereocenters. The molecule has 0 saturated carbocycles. The summed E-state index contributed by atoms with van der Waals surface area (Å²) in [6.45, 7) is 5.69. The maximum Gasteiger partial charge on any atom is 0.319 e. The lowest BCUT2D eigenvalue weighted by molar-refractivity contribution is 0.249. The van der Waals surface area contributed by atoms with Crippen LogP contribution in [0.2, 0.25) is 5.02 Å². The Bertz CT molecular complexity index is 900. The number of benzene rings is 2. The quantitative estimate of drug-likeness (QED) is 0.638. The van der Waals surface area contributed by atoms with Crippen LogP contribution in [0.3, 0.4) is 0 Å². The minimum atomic E-state index is -0.288. The smallest absolute Gasteiger partial charge is 0.319 e. The summed E-state index contributed by atoms with van der Waals surface area (Å²) in [6.07, 6.45) is 0. The highest BCUT2D eigenvalue weighted by atomic mass is 35.5. The summed E-state index contributed by atoms with van der Waals surface area (Å²) in [5, 5.41) is 6.41. The fraction of sp³-hybridized carbons (Fsp3) is 0.200. The third-order valence-electron chi connectivity index (χ3n) is 4.11. The van der Waals surface area contributed by atoms with Gasteiger partial charge in [-0.3, -0.25) is 0 Å². The van der Waals surface area contributed by atoms with E-state index in [2.05, 4.69) is 15.6 Å². The molecule has 0 bridgehead atoms. The van der Waals surface area contributed by atoms with Gasteiger partial charge in [-0.15, -0.1) is 0 Å². The standard InChI is InChI=1S/C20H20ClN3O2/c1-12-14(3)26-19(22-12)16-5-4-6-18(11-16)24-20(25)23-13(2)15-7-9-17(21)10-8-15/h4-11,13H,1-3H3,(H2,23,24,25). The zero-order chi connectivity index (χ0) is 18.7. The van der Waals surface area contributed by atoms with Crippen molar-refractivity contribution in [2.45, 2.75) is 26.8 Å². The molecule has 1 heterocycles. The predicted octanol–water partition coefficient (Wildman–Crippen LogP) is 5.49. The number of nitrogens with one attached hydrogen (secondary N) is 2. The van der Waals surface area contributed by atoms with Crippen molar-refractivity contribution in [2.75, 3.05) is 5.32 Å². The van der Waals surface area contributed by atoms with E-state index in [0.717, 1.165) is 22.6 Å². The molecule has 0 aliphatic rings. The third kappa shape index (κ3) is 4.24. The molecule has 1 unspecified atom stereocenters. The van der Waals surface area contributed by atoms with Crippen LogP contribution in [0.5, 0.6) is 0 Å². The summed E-state index contributed by atoms with van der Waals surface area (Å²) >= 11 is 5.89. The molecule has 26 heavy (non-hydrogen) atoms. The van der Waals surface area contributed by atoms with Crippen LogP contribution in [0.15, 0.2) is 52.9 Å². The normalized spacial score (nSPS) is 11.8. The molecule has 0 aliphatic heterocycles. The van der Waals surface area contributed by atoms with Crippen molar-refractivity contribution in [3.05, 3.63) is 70.6 Å². The largest absolute Gasteiger partial charge is 0.441 e. The molecule has 0 aliphatic carbocycles. The SMILES string of the molecule is Cc1nc(-c2cccc(NC(=O)NC(C)c3ccc(Cl)cc3)c2)oc1C. The molecular formula is C20H20ClN3O2. The van der Waals surface area contributed by atoms with Crippen LogP contribution >= 0.6 is 11.6 Å². The van der Waals surface area contributed by atoms with Crippen molar-refractivity contribution < 1.29 is 9.21 Å². The van der Waals surface area contributed by atoms with Gasteiger partial charge in [-0.05, 0) is 56.7 Å². The molecule has 3 aromatic rings. The Labute approximate surface area is 157 Å². The molecular weight excluding hydrogens is 350 g/mol. The highest BCUT2D eigenvalue weighted by molar-refractivity contribution is 6.30. The van der Waals surface area contributed by atoms with Gasteiger partial charge in [0.1, 0.15) is 5.76 Å². The molecule has 2 amide bonds. The molecule has 6 heteroatoms. The summed E-state index contributed by atoms with van der Waals surface area (Å²) in [5.41, 5.74) is 3.30. The Morgan fingerprint density at radius 2 is 1.88 bits per heavy atom. The van der Waals surface area contributed by atoms with Crippen molar-refractivity contribution in [1.29, 1.82) is 0 Å². The van der Waals surface area contributed by atoms with Gasteiger partial charge >= 0.3 is 6.03 Å². The minimum absolute atomic E-state index is 0.146. The van der Waals surface area contributed by atoms with E-state index in [-0.39, 0.29) is 12.1 Å². The molecule has 3 rings (SSSR count). The molecule has 0 saturated heterocycles. The maximum atomic E-state index is 12.3. The van der Waals surface area contributed by atoms with Gasteiger partial charge in [-0.25, -0.2) is 9.78 Å². The number of urea groups is 1. The van der Waals surface area contributed by atoms with Crippen LogP contribution in [0.1, 0.15) is 30.0 Å². The van der Waals surface area contributed by atoms with E-state index in [4.69, 9.17) is 16.0 Å². The number of carbonyl (C=O) groups is 1. The van der Waals surface area contributed by atoms with Gasteiger partial charge in [-0.2, -0.15) is 0 Å². The highest BCUT2D eigenvalue weighted by Crippen LogP contribution is 2.24. The van der Waals surface area contributed by atoms with Crippen LogP contribution in [0.25, 0.3) is 11.5 Å². The lowest BCUT2D eigenvalue weighted by Crippen LogP contribution is -2.31. The number of carbonyl (C=O) groups excluding carboxylic acids is 1. The first-order valence-electron chi connectivity index (χ1n) is 8.30. The van der Waals surface area contributed by atoms with Gasteiger partial charge in [0.05, 0.1) is 11.7 Å². The summed E-state index contributed by atoms with van der Waals surface area (Å²) in [7, 11) is 0. The Hall–Kier alpha value is -2.79. The van der Waals surface area contributed by atoms with Crippen molar-refractivity contribution in [3.8, 4) is 11.5 Å². The number of anilines is 1. The van der Waals surface area contributed by atoms with Crippen molar-refractivity contribution in [2.24, 2.45) is 0 Å². The van der Waals surface area contributed by atoms with Gasteiger partial charge in [0.25, 0.3) is 0 Å². The third-order valence-corrected chi connectivity index (χ3v) is 4.37. The van der Waals surface area contributed by atoms with E-state index in [0.29, 0.717) is 16.6 Å². The number of halogens is 1. The van der Waals surface area contributed by atoms with E-state index in [9.17, 15) is 4.79 Å². The van der Waals surface area contributed by atoms with Crippen molar-refractivity contribution in [3.63, 3.8) is 0 Å². The Balaban J connectivity index is 1.67. The predicted molar refractivity (Wildman–Crippen MR) is 103 cm³/mol. The molecule has 0 spiro atoms. The number of aromatic nitrogens is 1. The van der Waals surface area contributed by atoms with Gasteiger partial charge < -0.3 is 15.1 Å². The van der Waals surface area contributed by atoms with E-state index in [1.807, 2.05) is 57.2 Å². The minimum Gasteiger partial charge on any atom is -0.441 e. The number of amides is 2. The number of hydrogen-bond acceptors (Lipinski definition) is 3. The van der Waals surface area contributed by atoms with Crippen LogP contribution in [0, 0.1) is 13.8 Å². The van der Waals surface area contributed by atoms with Crippen molar-refractivity contribution >= 4 is 23.3 Å². The van der Waals surface area contributed by atoms with E-state index >= 15 is 0 Å². The molecule has 2 aromatic carbocycles. The van der Waals surface area contributed by atoms with Crippen LogP contribution in [-0.4, -0.2) is 11.0 Å². The second kappa shape index (κ2) is 7.62. The molecule has 2 N–H and O–H groups in total. The number of aryl methyl sites for hydroxylation is 2. The van der Waals surface area contributed by atoms with Gasteiger partial charge in [0, 0.05) is 16.3 Å². The monoisotopic (exact) mass is 369 g/mol. The summed E-state index contributed by atoms with van der Waals surface area (Å²) < 4.78 is 5.64. The number of oxazole rings is 1. The maximum absolute atomic E-state index is 12.3. The summed E-state index contributed by atoms with van der Waals surface area (Å²) in [5.74, 6) is 1.33. The molecule has 0 fully saturated rings. The number of nitrogens with zero attached hydrogens (tertiary/aromatic N) is 1. The average Bonchev–Trinajstić information content (AvgIpc) is 2.94. The summed E-state index contributed by atoms with van der Waals surface area (Å²) in [6, 6.07) is 14.3. The number of hydrogen-bond donors (Lipinski definition) is 2. The first-order chi connectivity index (χ1) is 12.4. The Morgan fingerprint density at radius 1 is 1.15 bits per heavy atom. The fourth-order valence-electron chi connectivity index (χ4n) is 2.52. The Kier molecular flexibility index (Phi) is 5.28. The molecule has 134 valence electrons. The zero-order valence-electron chi connectivity index (χ0n) is 14.8. The van der Waals surface area contributed by atoms with E-state index in [1.165, 1.54) is 0 Å². The van der Waals surface area contributed by atoms with Crippen molar-refractivity contribution in [1.82, 2.24) is 10.3 Å².